The molecule has 88 valence electrons. The Balaban J connectivity index is 2.86. The lowest BCUT2D eigenvalue weighted by Crippen LogP contribution is -2.35. The molecule has 0 spiro atoms. The first-order valence-electron chi connectivity index (χ1n) is 5.21. The third kappa shape index (κ3) is 2.92. The number of carboxylic acids is 1. The average molecular weight is 223 g/mol. The molecule has 1 atom stereocenters. The molecule has 0 fully saturated rings. The number of hydrogen-bond acceptors (Lipinski definition) is 4. The van der Waals surface area contributed by atoms with Crippen molar-refractivity contribution in [1.29, 1.82) is 0 Å². The summed E-state index contributed by atoms with van der Waals surface area (Å²) < 4.78 is 0. The largest absolute Gasteiger partial charge is 0.480 e. The van der Waals surface area contributed by atoms with Gasteiger partial charge < -0.3 is 10.4 Å². The third-order valence-electron chi connectivity index (χ3n) is 2.44. The number of nitrogens with one attached hydrogen (secondary N) is 1. The number of nitrogens with zero attached hydrogens (tertiary/aromatic N) is 2. The fraction of sp³-hybridized carbons (Fsp3) is 0.545. The van der Waals surface area contributed by atoms with E-state index in [1.165, 1.54) is 0 Å². The Bertz CT molecular complexity index is 391. The average Bonchev–Trinajstić information content (AvgIpc) is 2.18. The Labute approximate surface area is 94.9 Å². The highest BCUT2D eigenvalue weighted by atomic mass is 16.4. The van der Waals surface area contributed by atoms with E-state index in [1.807, 2.05) is 27.7 Å². The third-order valence-corrected chi connectivity index (χ3v) is 2.44. The molecule has 0 aliphatic heterocycles. The SMILES string of the molecule is Cc1cnc(N[C@H](C(=O)O)C(C)C)nc1C. The summed E-state index contributed by atoms with van der Waals surface area (Å²) in [5, 5.41) is 11.8. The van der Waals surface area contributed by atoms with Crippen LogP contribution >= 0.6 is 0 Å². The fourth-order valence-electron chi connectivity index (χ4n) is 1.25. The maximum Gasteiger partial charge on any atom is 0.326 e. The van der Waals surface area contributed by atoms with Crippen molar-refractivity contribution in [3.05, 3.63) is 17.5 Å². The van der Waals surface area contributed by atoms with Crippen LogP contribution in [0, 0.1) is 19.8 Å². The standard InChI is InChI=1S/C11H17N3O2/c1-6(2)9(10(15)16)14-11-12-5-7(3)8(4)13-11/h5-6,9H,1-4H3,(H,15,16)(H,12,13,14)/t9-/m0/s1. The highest BCUT2D eigenvalue weighted by Gasteiger charge is 2.21. The van der Waals surface area contributed by atoms with E-state index < -0.39 is 12.0 Å². The molecule has 5 heteroatoms. The molecule has 0 unspecified atom stereocenters. The van der Waals surface area contributed by atoms with E-state index in [2.05, 4.69) is 15.3 Å². The van der Waals surface area contributed by atoms with Crippen LogP contribution in [0.4, 0.5) is 5.95 Å². The Kier molecular flexibility index (Phi) is 3.82. The lowest BCUT2D eigenvalue weighted by atomic mass is 10.1. The number of carbonyl (C=O) groups is 1. The summed E-state index contributed by atoms with van der Waals surface area (Å²) in [6.07, 6.45) is 1.68. The summed E-state index contributed by atoms with van der Waals surface area (Å²) in [6, 6.07) is -0.665. The minimum atomic E-state index is -0.892. The molecule has 0 aliphatic carbocycles. The van der Waals surface area contributed by atoms with E-state index in [1.54, 1.807) is 6.20 Å². The zero-order chi connectivity index (χ0) is 12.3. The minimum Gasteiger partial charge on any atom is -0.480 e. The van der Waals surface area contributed by atoms with Crippen molar-refractivity contribution in [2.24, 2.45) is 5.92 Å². The van der Waals surface area contributed by atoms with Gasteiger partial charge in [-0.3, -0.25) is 0 Å². The van der Waals surface area contributed by atoms with Crippen LogP contribution in [-0.4, -0.2) is 27.1 Å². The van der Waals surface area contributed by atoms with E-state index in [9.17, 15) is 4.79 Å². The maximum atomic E-state index is 11.0. The van der Waals surface area contributed by atoms with Crippen LogP contribution in [0.15, 0.2) is 6.20 Å². The fourth-order valence-corrected chi connectivity index (χ4v) is 1.25. The number of anilines is 1. The molecular weight excluding hydrogens is 206 g/mol. The first-order valence-corrected chi connectivity index (χ1v) is 5.21. The second-order valence-corrected chi connectivity index (χ2v) is 4.17. The molecular formula is C11H17N3O2. The van der Waals surface area contributed by atoms with Crippen molar-refractivity contribution in [1.82, 2.24) is 9.97 Å². The molecule has 0 aromatic carbocycles. The van der Waals surface area contributed by atoms with Gasteiger partial charge in [-0.25, -0.2) is 14.8 Å². The molecule has 1 heterocycles. The van der Waals surface area contributed by atoms with Crippen LogP contribution in [0.3, 0.4) is 0 Å². The summed E-state index contributed by atoms with van der Waals surface area (Å²) in [4.78, 5) is 19.2. The van der Waals surface area contributed by atoms with Crippen LogP contribution in [0.2, 0.25) is 0 Å². The predicted octanol–water partition coefficient (Wildman–Crippen LogP) is 1.61. The van der Waals surface area contributed by atoms with Crippen molar-refractivity contribution in [3.8, 4) is 0 Å². The first kappa shape index (κ1) is 12.4. The number of aryl methyl sites for hydroxylation is 2. The van der Waals surface area contributed by atoms with Gasteiger partial charge in [0, 0.05) is 11.9 Å². The summed E-state index contributed by atoms with van der Waals surface area (Å²) in [7, 11) is 0. The van der Waals surface area contributed by atoms with Crippen LogP contribution in [0.1, 0.15) is 25.1 Å². The van der Waals surface area contributed by atoms with Crippen molar-refractivity contribution < 1.29 is 9.90 Å². The zero-order valence-electron chi connectivity index (χ0n) is 9.98. The van der Waals surface area contributed by atoms with E-state index in [0.717, 1.165) is 11.3 Å². The van der Waals surface area contributed by atoms with Gasteiger partial charge in [-0.1, -0.05) is 13.8 Å². The second kappa shape index (κ2) is 4.92. The van der Waals surface area contributed by atoms with Crippen LogP contribution < -0.4 is 5.32 Å². The number of aliphatic carboxylic acids is 1. The van der Waals surface area contributed by atoms with Gasteiger partial charge in [-0.05, 0) is 25.3 Å². The summed E-state index contributed by atoms with van der Waals surface area (Å²) >= 11 is 0. The quantitative estimate of drug-likeness (QED) is 0.811. The molecule has 0 bridgehead atoms. The van der Waals surface area contributed by atoms with Crippen molar-refractivity contribution in [3.63, 3.8) is 0 Å². The Morgan fingerprint density at radius 1 is 1.44 bits per heavy atom. The maximum absolute atomic E-state index is 11.0. The normalized spacial score (nSPS) is 12.6. The monoisotopic (exact) mass is 223 g/mol. The van der Waals surface area contributed by atoms with Gasteiger partial charge in [0.1, 0.15) is 6.04 Å². The van der Waals surface area contributed by atoms with E-state index in [4.69, 9.17) is 5.11 Å². The smallest absolute Gasteiger partial charge is 0.326 e. The molecule has 0 saturated carbocycles. The van der Waals surface area contributed by atoms with Crippen molar-refractivity contribution >= 4 is 11.9 Å². The molecule has 1 aromatic rings. The van der Waals surface area contributed by atoms with Crippen molar-refractivity contribution in [2.45, 2.75) is 33.7 Å². The van der Waals surface area contributed by atoms with Gasteiger partial charge in [0.15, 0.2) is 0 Å². The van der Waals surface area contributed by atoms with Gasteiger partial charge in [0.05, 0.1) is 0 Å². The van der Waals surface area contributed by atoms with Crippen LogP contribution in [0.25, 0.3) is 0 Å². The molecule has 0 amide bonds. The number of hydrogen-bond donors (Lipinski definition) is 2. The Morgan fingerprint density at radius 2 is 2.06 bits per heavy atom. The highest BCUT2D eigenvalue weighted by molar-refractivity contribution is 5.76. The number of aromatic nitrogens is 2. The lowest BCUT2D eigenvalue weighted by molar-refractivity contribution is -0.138. The zero-order valence-corrected chi connectivity index (χ0v) is 9.98. The van der Waals surface area contributed by atoms with Crippen molar-refractivity contribution in [2.75, 3.05) is 5.32 Å². The van der Waals surface area contributed by atoms with Crippen LogP contribution in [-0.2, 0) is 4.79 Å². The number of rotatable bonds is 4. The van der Waals surface area contributed by atoms with E-state index in [0.29, 0.717) is 5.95 Å². The molecule has 2 N–H and O–H groups in total. The summed E-state index contributed by atoms with van der Waals surface area (Å²) in [5.41, 5.74) is 1.84. The van der Waals surface area contributed by atoms with Crippen LogP contribution in [0.5, 0.6) is 0 Å². The molecule has 0 aliphatic rings. The Hall–Kier alpha value is -1.65. The predicted molar refractivity (Wildman–Crippen MR) is 61.4 cm³/mol. The van der Waals surface area contributed by atoms with E-state index >= 15 is 0 Å². The lowest BCUT2D eigenvalue weighted by Gasteiger charge is -2.17. The second-order valence-electron chi connectivity index (χ2n) is 4.17. The Morgan fingerprint density at radius 3 is 2.50 bits per heavy atom. The highest BCUT2D eigenvalue weighted by Crippen LogP contribution is 2.10. The van der Waals surface area contributed by atoms with Gasteiger partial charge in [-0.2, -0.15) is 0 Å². The summed E-state index contributed by atoms with van der Waals surface area (Å²) in [5.74, 6) is -0.552. The van der Waals surface area contributed by atoms with Gasteiger partial charge in [-0.15, -0.1) is 0 Å². The van der Waals surface area contributed by atoms with E-state index in [-0.39, 0.29) is 5.92 Å². The molecule has 16 heavy (non-hydrogen) atoms. The molecule has 1 aromatic heterocycles. The van der Waals surface area contributed by atoms with Gasteiger partial charge >= 0.3 is 5.97 Å². The molecule has 0 saturated heterocycles. The van der Waals surface area contributed by atoms with Gasteiger partial charge in [0.25, 0.3) is 0 Å². The number of carboxylic acid groups (broad SMARTS) is 1. The topological polar surface area (TPSA) is 75.1 Å². The minimum absolute atomic E-state index is 0.0253. The molecule has 5 nitrogen and oxygen atoms in total. The van der Waals surface area contributed by atoms with Gasteiger partial charge in [0.2, 0.25) is 5.95 Å². The molecule has 0 radical (unpaired) electrons. The first-order chi connectivity index (χ1) is 7.41. The summed E-state index contributed by atoms with van der Waals surface area (Å²) in [6.45, 7) is 7.46. The molecule has 1 rings (SSSR count).